The second-order valence-corrected chi connectivity index (χ2v) is 6.08. The summed E-state index contributed by atoms with van der Waals surface area (Å²) in [5.74, 6) is 0. The standard InChI is InChI=1S/C22H15/c1-2-8-17-12-20-13-18-10-15-6-4-5-7-16(15)11-19(18)14-22(20)21(17)9-3-1/h1-11,13-14H,12H2. The summed E-state index contributed by atoms with van der Waals surface area (Å²) in [5, 5.41) is 5.30. The molecule has 0 fully saturated rings. The minimum Gasteiger partial charge on any atom is -0.0760 e. The fourth-order valence-corrected chi connectivity index (χ4v) is 3.64. The minimum atomic E-state index is 1.04. The van der Waals surface area contributed by atoms with E-state index in [-0.39, 0.29) is 0 Å². The van der Waals surface area contributed by atoms with Gasteiger partial charge in [0, 0.05) is 6.42 Å². The highest BCUT2D eigenvalue weighted by Crippen LogP contribution is 2.39. The summed E-state index contributed by atoms with van der Waals surface area (Å²) in [5.41, 5.74) is 5.66. The smallest absolute Gasteiger partial charge is 0.0134 e. The molecular weight excluding hydrogens is 264 g/mol. The van der Waals surface area contributed by atoms with E-state index in [2.05, 4.69) is 79.3 Å². The van der Waals surface area contributed by atoms with Gasteiger partial charge in [-0.05, 0) is 68.4 Å². The monoisotopic (exact) mass is 279 g/mol. The average molecular weight is 279 g/mol. The van der Waals surface area contributed by atoms with Crippen molar-refractivity contribution in [1.82, 2.24) is 0 Å². The molecular formula is C22H15. The highest BCUT2D eigenvalue weighted by atomic mass is 14.2. The zero-order valence-corrected chi connectivity index (χ0v) is 12.2. The molecule has 0 saturated carbocycles. The van der Waals surface area contributed by atoms with Crippen LogP contribution in [0.25, 0.3) is 27.1 Å². The summed E-state index contributed by atoms with van der Waals surface area (Å²) in [4.78, 5) is 0. The lowest BCUT2D eigenvalue weighted by atomic mass is 9.96. The quantitative estimate of drug-likeness (QED) is 0.468. The zero-order chi connectivity index (χ0) is 14.5. The number of hydrogen-bond acceptors (Lipinski definition) is 0. The molecule has 22 heavy (non-hydrogen) atoms. The molecule has 5 rings (SSSR count). The third-order valence-electron chi connectivity index (χ3n) is 4.73. The Balaban J connectivity index is 1.78. The molecule has 0 bridgehead atoms. The first-order valence-electron chi connectivity index (χ1n) is 7.75. The van der Waals surface area contributed by atoms with Crippen LogP contribution in [0.15, 0.2) is 78.4 Å². The van der Waals surface area contributed by atoms with Crippen LogP contribution >= 0.6 is 0 Å². The van der Waals surface area contributed by atoms with Gasteiger partial charge in [-0.3, -0.25) is 0 Å². The molecule has 3 aromatic rings. The maximum atomic E-state index is 2.37. The maximum Gasteiger partial charge on any atom is 0.0134 e. The van der Waals surface area contributed by atoms with Crippen LogP contribution in [-0.2, 0) is 6.42 Å². The molecule has 0 aromatic heterocycles. The van der Waals surface area contributed by atoms with Gasteiger partial charge in [0.1, 0.15) is 0 Å². The van der Waals surface area contributed by atoms with Crippen LogP contribution in [0.4, 0.5) is 0 Å². The number of hydrogen-bond donors (Lipinski definition) is 0. The fourth-order valence-electron chi connectivity index (χ4n) is 3.64. The van der Waals surface area contributed by atoms with E-state index in [1.165, 1.54) is 43.8 Å². The van der Waals surface area contributed by atoms with Crippen molar-refractivity contribution in [3.8, 4) is 0 Å². The van der Waals surface area contributed by atoms with Gasteiger partial charge in [0.15, 0.2) is 0 Å². The molecule has 0 spiro atoms. The van der Waals surface area contributed by atoms with Crippen LogP contribution < -0.4 is 0 Å². The van der Waals surface area contributed by atoms with E-state index in [1.54, 1.807) is 0 Å². The molecule has 0 heteroatoms. The Kier molecular flexibility index (Phi) is 2.42. The summed E-state index contributed by atoms with van der Waals surface area (Å²) in [6, 6.07) is 18.0. The topological polar surface area (TPSA) is 0 Å². The van der Waals surface area contributed by atoms with Crippen LogP contribution in [0.5, 0.6) is 0 Å². The molecule has 0 saturated heterocycles. The van der Waals surface area contributed by atoms with Gasteiger partial charge < -0.3 is 0 Å². The number of rotatable bonds is 0. The van der Waals surface area contributed by atoms with Crippen LogP contribution in [0, 0.1) is 6.42 Å². The molecule has 0 heterocycles. The highest BCUT2D eigenvalue weighted by molar-refractivity contribution is 6.01. The van der Waals surface area contributed by atoms with E-state index in [0.717, 1.165) is 6.42 Å². The van der Waals surface area contributed by atoms with Gasteiger partial charge in [0.25, 0.3) is 0 Å². The van der Waals surface area contributed by atoms with E-state index in [0.29, 0.717) is 0 Å². The fraction of sp³-hybridized carbons (Fsp3) is 0.0455. The average Bonchev–Trinajstić information content (AvgIpc) is 2.72. The van der Waals surface area contributed by atoms with Crippen molar-refractivity contribution in [2.24, 2.45) is 0 Å². The highest BCUT2D eigenvalue weighted by Gasteiger charge is 2.20. The van der Waals surface area contributed by atoms with Crippen molar-refractivity contribution in [2.45, 2.75) is 6.42 Å². The summed E-state index contributed by atoms with van der Waals surface area (Å²) in [7, 11) is 0. The van der Waals surface area contributed by atoms with Gasteiger partial charge in [0.05, 0.1) is 0 Å². The first kappa shape index (κ1) is 12.0. The van der Waals surface area contributed by atoms with Gasteiger partial charge in [0.2, 0.25) is 0 Å². The van der Waals surface area contributed by atoms with Gasteiger partial charge >= 0.3 is 0 Å². The van der Waals surface area contributed by atoms with Crippen molar-refractivity contribution in [2.75, 3.05) is 0 Å². The first-order valence-corrected chi connectivity index (χ1v) is 7.75. The molecule has 0 unspecified atom stereocenters. The van der Waals surface area contributed by atoms with Gasteiger partial charge in [-0.25, -0.2) is 0 Å². The molecule has 2 aliphatic carbocycles. The first-order chi connectivity index (χ1) is 10.9. The predicted molar refractivity (Wildman–Crippen MR) is 94.7 cm³/mol. The Labute approximate surface area is 130 Å². The predicted octanol–water partition coefficient (Wildman–Crippen LogP) is 5.63. The molecule has 0 nitrogen and oxygen atoms in total. The molecule has 103 valence electrons. The van der Waals surface area contributed by atoms with Crippen molar-refractivity contribution in [3.05, 3.63) is 96.0 Å². The van der Waals surface area contributed by atoms with Crippen LogP contribution in [0.2, 0.25) is 0 Å². The molecule has 0 atom stereocenters. The van der Waals surface area contributed by atoms with Gasteiger partial charge in [-0.15, -0.1) is 0 Å². The lowest BCUT2D eigenvalue weighted by molar-refractivity contribution is 1.25. The molecule has 1 radical (unpaired) electrons. The summed E-state index contributed by atoms with van der Waals surface area (Å²) < 4.78 is 0. The van der Waals surface area contributed by atoms with Gasteiger partial charge in [-0.2, -0.15) is 0 Å². The van der Waals surface area contributed by atoms with Crippen LogP contribution in [0.3, 0.4) is 0 Å². The lowest BCUT2D eigenvalue weighted by Crippen LogP contribution is -1.87. The van der Waals surface area contributed by atoms with E-state index >= 15 is 0 Å². The lowest BCUT2D eigenvalue weighted by Gasteiger charge is -2.08. The molecule has 0 aliphatic heterocycles. The summed E-state index contributed by atoms with van der Waals surface area (Å²) in [6.45, 7) is 0. The Morgan fingerprint density at radius 1 is 0.682 bits per heavy atom. The van der Waals surface area contributed by atoms with Gasteiger partial charge in [-0.1, -0.05) is 54.6 Å². The summed E-state index contributed by atoms with van der Waals surface area (Å²) >= 11 is 0. The van der Waals surface area contributed by atoms with Crippen LogP contribution in [0.1, 0.15) is 11.1 Å². The second kappa shape index (κ2) is 4.45. The Morgan fingerprint density at radius 3 is 2.27 bits per heavy atom. The van der Waals surface area contributed by atoms with Crippen molar-refractivity contribution in [1.29, 1.82) is 0 Å². The number of benzene rings is 3. The van der Waals surface area contributed by atoms with Crippen molar-refractivity contribution in [3.63, 3.8) is 0 Å². The van der Waals surface area contributed by atoms with Crippen LogP contribution in [-0.4, -0.2) is 0 Å². The second-order valence-electron chi connectivity index (χ2n) is 6.08. The molecule has 2 aliphatic rings. The Bertz CT molecular complexity index is 1010. The molecule has 3 aromatic carbocycles. The normalized spacial score (nSPS) is 16.2. The third-order valence-corrected chi connectivity index (χ3v) is 4.73. The zero-order valence-electron chi connectivity index (χ0n) is 12.2. The van der Waals surface area contributed by atoms with Crippen molar-refractivity contribution >= 4 is 27.1 Å². The van der Waals surface area contributed by atoms with E-state index < -0.39 is 0 Å². The SMILES string of the molecule is [CH]1C=CC=CC2=C1c1cc3cc4ccccc4cc3cc1C2. The summed E-state index contributed by atoms with van der Waals surface area (Å²) in [6.07, 6.45) is 11.9. The Morgan fingerprint density at radius 2 is 1.45 bits per heavy atom. The van der Waals surface area contributed by atoms with E-state index in [4.69, 9.17) is 0 Å². The number of fused-ring (bicyclic) bond motifs is 4. The Hall–Kier alpha value is -2.60. The largest absolute Gasteiger partial charge is 0.0760 e. The minimum absolute atomic E-state index is 1.04. The third kappa shape index (κ3) is 1.70. The maximum absolute atomic E-state index is 2.37. The molecule has 0 N–H and O–H groups in total. The molecule has 0 amide bonds. The van der Waals surface area contributed by atoms with Crippen molar-refractivity contribution < 1.29 is 0 Å². The van der Waals surface area contributed by atoms with E-state index in [1.807, 2.05) is 0 Å². The number of allylic oxidation sites excluding steroid dienone is 6. The van der Waals surface area contributed by atoms with E-state index in [9.17, 15) is 0 Å².